The molecule has 0 fully saturated rings. The molecular weight excluding hydrogens is 406 g/mol. The lowest BCUT2D eigenvalue weighted by atomic mass is 9.97. The normalized spacial score (nSPS) is 10.7. The first-order chi connectivity index (χ1) is 15.6. The van der Waals surface area contributed by atoms with Gasteiger partial charge in [-0.15, -0.1) is 0 Å². The topological polar surface area (TPSA) is 90.3 Å². The van der Waals surface area contributed by atoms with Crippen LogP contribution in [0.4, 0.5) is 0 Å². The van der Waals surface area contributed by atoms with Gasteiger partial charge in [0.1, 0.15) is 5.69 Å². The summed E-state index contributed by atoms with van der Waals surface area (Å²) in [5.41, 5.74) is 1.97. The van der Waals surface area contributed by atoms with Gasteiger partial charge in [-0.25, -0.2) is 4.79 Å². The number of ether oxygens (including phenoxy) is 1. The Labute approximate surface area is 184 Å². The molecule has 0 saturated heterocycles. The Morgan fingerprint density at radius 2 is 1.69 bits per heavy atom. The largest absolute Gasteiger partial charge is 0.451 e. The van der Waals surface area contributed by atoms with Gasteiger partial charge in [0.05, 0.1) is 0 Å². The molecule has 0 aliphatic heterocycles. The average molecular weight is 427 g/mol. The lowest BCUT2D eigenvalue weighted by Crippen LogP contribution is -2.30. The van der Waals surface area contributed by atoms with Crippen molar-refractivity contribution in [2.75, 3.05) is 6.61 Å². The molecule has 0 radical (unpaired) electrons. The second kappa shape index (κ2) is 9.26. The predicted molar refractivity (Wildman–Crippen MR) is 121 cm³/mol. The van der Waals surface area contributed by atoms with E-state index in [2.05, 4.69) is 10.3 Å². The minimum atomic E-state index is -0.745. The van der Waals surface area contributed by atoms with Crippen molar-refractivity contribution in [1.29, 1.82) is 0 Å². The van der Waals surface area contributed by atoms with E-state index in [1.54, 1.807) is 36.7 Å². The van der Waals surface area contributed by atoms with Crippen LogP contribution >= 0.6 is 0 Å². The Bertz CT molecular complexity index is 1330. The van der Waals surface area contributed by atoms with Gasteiger partial charge in [-0.3, -0.25) is 14.6 Å². The molecule has 1 N–H and O–H groups in total. The third kappa shape index (κ3) is 4.27. The van der Waals surface area contributed by atoms with Gasteiger partial charge in [0.2, 0.25) is 0 Å². The molecular formula is C25H21N3O4. The lowest BCUT2D eigenvalue weighted by Gasteiger charge is -2.16. The number of hydrogen-bond acceptors (Lipinski definition) is 5. The fourth-order valence-corrected chi connectivity index (χ4v) is 3.55. The van der Waals surface area contributed by atoms with Crippen molar-refractivity contribution in [3.63, 3.8) is 0 Å². The van der Waals surface area contributed by atoms with E-state index < -0.39 is 18.5 Å². The molecule has 0 atom stereocenters. The monoisotopic (exact) mass is 427 g/mol. The van der Waals surface area contributed by atoms with E-state index in [9.17, 15) is 14.4 Å². The number of pyridine rings is 2. The van der Waals surface area contributed by atoms with Crippen molar-refractivity contribution >= 4 is 22.6 Å². The number of amides is 1. The number of nitrogens with zero attached hydrogens (tertiary/aromatic N) is 2. The lowest BCUT2D eigenvalue weighted by molar-refractivity contribution is -0.124. The number of hydrogen-bond donors (Lipinski definition) is 1. The highest BCUT2D eigenvalue weighted by molar-refractivity contribution is 6.06. The van der Waals surface area contributed by atoms with Crippen LogP contribution in [0, 0.1) is 0 Å². The number of nitrogens with one attached hydrogen (secondary N) is 1. The van der Waals surface area contributed by atoms with Crippen LogP contribution in [0.5, 0.6) is 0 Å². The fraction of sp³-hybridized carbons (Fsp3) is 0.120. The molecule has 32 heavy (non-hydrogen) atoms. The van der Waals surface area contributed by atoms with E-state index >= 15 is 0 Å². The van der Waals surface area contributed by atoms with Gasteiger partial charge < -0.3 is 14.6 Å². The molecule has 0 bridgehead atoms. The van der Waals surface area contributed by atoms with Gasteiger partial charge in [-0.1, -0.05) is 54.6 Å². The first-order valence-corrected chi connectivity index (χ1v) is 10.1. The molecule has 0 unspecified atom stereocenters. The van der Waals surface area contributed by atoms with Crippen molar-refractivity contribution < 1.29 is 14.3 Å². The molecule has 0 aliphatic carbocycles. The van der Waals surface area contributed by atoms with E-state index in [0.717, 1.165) is 11.1 Å². The fourth-order valence-electron chi connectivity index (χ4n) is 3.55. The Kier molecular flexibility index (Phi) is 6.07. The van der Waals surface area contributed by atoms with Crippen molar-refractivity contribution in [2.45, 2.75) is 6.54 Å². The van der Waals surface area contributed by atoms with Crippen LogP contribution in [0.1, 0.15) is 16.1 Å². The maximum absolute atomic E-state index is 13.1. The molecule has 0 saturated carbocycles. The summed E-state index contributed by atoms with van der Waals surface area (Å²) in [7, 11) is 1.53. The number of esters is 1. The Morgan fingerprint density at radius 3 is 2.41 bits per heavy atom. The molecule has 0 spiro atoms. The highest BCUT2D eigenvalue weighted by Gasteiger charge is 2.23. The molecule has 2 aromatic heterocycles. The molecule has 4 aromatic rings. The number of carbonyl (C=O) groups excluding carboxylic acids is 2. The molecule has 0 aliphatic rings. The van der Waals surface area contributed by atoms with Crippen LogP contribution in [-0.2, 0) is 23.1 Å². The molecule has 2 heterocycles. The summed E-state index contributed by atoms with van der Waals surface area (Å²) in [5.74, 6) is -1.19. The molecule has 2 aromatic carbocycles. The highest BCUT2D eigenvalue weighted by atomic mass is 16.5. The van der Waals surface area contributed by atoms with Gasteiger partial charge in [-0.05, 0) is 28.6 Å². The summed E-state index contributed by atoms with van der Waals surface area (Å²) in [4.78, 5) is 42.1. The van der Waals surface area contributed by atoms with Gasteiger partial charge in [-0.2, -0.15) is 0 Å². The second-order valence-electron chi connectivity index (χ2n) is 7.21. The Morgan fingerprint density at radius 1 is 0.969 bits per heavy atom. The second-order valence-corrected chi connectivity index (χ2v) is 7.21. The Balaban J connectivity index is 1.63. The van der Waals surface area contributed by atoms with E-state index in [-0.39, 0.29) is 17.8 Å². The summed E-state index contributed by atoms with van der Waals surface area (Å²) in [5, 5.41) is 3.83. The van der Waals surface area contributed by atoms with Gasteiger partial charge in [0.25, 0.3) is 11.5 Å². The summed E-state index contributed by atoms with van der Waals surface area (Å²) in [6.45, 7) is -0.192. The van der Waals surface area contributed by atoms with Crippen LogP contribution in [0.25, 0.3) is 21.9 Å². The predicted octanol–water partition coefficient (Wildman–Crippen LogP) is 3.07. The van der Waals surface area contributed by atoms with Crippen molar-refractivity contribution in [3.8, 4) is 11.1 Å². The molecule has 1 amide bonds. The number of fused-ring (bicyclic) bond motifs is 1. The van der Waals surface area contributed by atoms with Crippen LogP contribution in [0.2, 0.25) is 0 Å². The summed E-state index contributed by atoms with van der Waals surface area (Å²) >= 11 is 0. The zero-order valence-corrected chi connectivity index (χ0v) is 17.4. The first-order valence-electron chi connectivity index (χ1n) is 10.1. The standard InChI is InChI=1S/C25H21N3O4/c1-28-23(25(31)32-16-21(29)27-15-17-8-7-13-26-14-17)22(18-9-3-2-4-10-18)19-11-5-6-12-20(19)24(28)30/h2-14H,15-16H2,1H3,(H,27,29). The smallest absolute Gasteiger partial charge is 0.356 e. The summed E-state index contributed by atoms with van der Waals surface area (Å²) < 4.78 is 6.58. The SMILES string of the molecule is Cn1c(C(=O)OCC(=O)NCc2cccnc2)c(-c2ccccc2)c2ccccc2c1=O. The third-order valence-electron chi connectivity index (χ3n) is 5.11. The third-order valence-corrected chi connectivity index (χ3v) is 5.11. The van der Waals surface area contributed by atoms with Gasteiger partial charge in [0.15, 0.2) is 6.61 Å². The Hall–Kier alpha value is -4.26. The molecule has 7 heteroatoms. The minimum Gasteiger partial charge on any atom is -0.451 e. The van der Waals surface area contributed by atoms with Crippen LogP contribution < -0.4 is 10.9 Å². The zero-order chi connectivity index (χ0) is 22.5. The van der Waals surface area contributed by atoms with E-state index in [0.29, 0.717) is 16.3 Å². The number of benzene rings is 2. The minimum absolute atomic E-state index is 0.0972. The van der Waals surface area contributed by atoms with E-state index in [1.165, 1.54) is 11.6 Å². The van der Waals surface area contributed by atoms with Crippen molar-refractivity contribution in [2.24, 2.45) is 7.05 Å². The molecule has 4 rings (SSSR count). The first kappa shape index (κ1) is 21.0. The summed E-state index contributed by atoms with van der Waals surface area (Å²) in [6.07, 6.45) is 3.29. The number of aromatic nitrogens is 2. The van der Waals surface area contributed by atoms with Crippen LogP contribution in [-0.4, -0.2) is 28.0 Å². The highest BCUT2D eigenvalue weighted by Crippen LogP contribution is 2.30. The van der Waals surface area contributed by atoms with E-state index in [4.69, 9.17) is 4.74 Å². The zero-order valence-electron chi connectivity index (χ0n) is 17.4. The summed E-state index contributed by atoms with van der Waals surface area (Å²) in [6, 6.07) is 20.0. The maximum atomic E-state index is 13.1. The van der Waals surface area contributed by atoms with Crippen molar-refractivity contribution in [1.82, 2.24) is 14.9 Å². The maximum Gasteiger partial charge on any atom is 0.356 e. The van der Waals surface area contributed by atoms with Crippen molar-refractivity contribution in [3.05, 3.63) is 101 Å². The number of rotatable bonds is 6. The van der Waals surface area contributed by atoms with Crippen LogP contribution in [0.3, 0.4) is 0 Å². The number of carbonyl (C=O) groups is 2. The van der Waals surface area contributed by atoms with Crippen LogP contribution in [0.15, 0.2) is 83.9 Å². The molecule has 160 valence electrons. The quantitative estimate of drug-likeness (QED) is 0.478. The van der Waals surface area contributed by atoms with Gasteiger partial charge in [0, 0.05) is 36.9 Å². The van der Waals surface area contributed by atoms with E-state index in [1.807, 2.05) is 42.5 Å². The average Bonchev–Trinajstić information content (AvgIpc) is 2.84. The molecule has 7 nitrogen and oxygen atoms in total. The van der Waals surface area contributed by atoms with Gasteiger partial charge >= 0.3 is 5.97 Å².